The summed E-state index contributed by atoms with van der Waals surface area (Å²) < 4.78 is 2.20. The minimum atomic E-state index is -0.404. The van der Waals surface area contributed by atoms with Gasteiger partial charge in [0, 0.05) is 31.0 Å². The van der Waals surface area contributed by atoms with E-state index in [9.17, 15) is 14.4 Å². The number of aromatic nitrogens is 1. The molecule has 0 radical (unpaired) electrons. The minimum absolute atomic E-state index is 0.205. The monoisotopic (exact) mass is 485 g/mol. The summed E-state index contributed by atoms with van der Waals surface area (Å²) in [7, 11) is 0. The Morgan fingerprint density at radius 1 is 1.00 bits per heavy atom. The van der Waals surface area contributed by atoms with Crippen LogP contribution in [0.1, 0.15) is 33.6 Å². The molecule has 0 spiro atoms. The van der Waals surface area contributed by atoms with Crippen LogP contribution in [-0.4, -0.2) is 44.5 Å². The Kier molecular flexibility index (Phi) is 6.34. The van der Waals surface area contributed by atoms with Gasteiger partial charge in [0.15, 0.2) is 0 Å². The molecule has 0 bridgehead atoms. The van der Waals surface area contributed by atoms with Crippen LogP contribution >= 0.6 is 11.8 Å². The molecule has 3 heterocycles. The molecule has 2 aliphatic heterocycles. The van der Waals surface area contributed by atoms with Crippen LogP contribution in [-0.2, 0) is 29.1 Å². The lowest BCUT2D eigenvalue weighted by molar-refractivity contribution is -0.136. The smallest absolute Gasteiger partial charge is 0.294 e. The van der Waals surface area contributed by atoms with Crippen LogP contribution in [0.25, 0.3) is 6.08 Å². The van der Waals surface area contributed by atoms with Crippen LogP contribution in [0.15, 0.2) is 65.6 Å². The minimum Gasteiger partial charge on any atom is -0.344 e. The molecular weight excluding hydrogens is 458 g/mol. The van der Waals surface area contributed by atoms with Crippen LogP contribution in [0, 0.1) is 13.8 Å². The number of carbonyl (C=O) groups excluding carboxylic acids is 3. The fraction of sp³-hybridized carbons (Fsp3) is 0.250. The zero-order valence-corrected chi connectivity index (χ0v) is 20.7. The third-order valence-corrected chi connectivity index (χ3v) is 7.64. The highest BCUT2D eigenvalue weighted by molar-refractivity contribution is 8.18. The van der Waals surface area contributed by atoms with Crippen molar-refractivity contribution in [2.24, 2.45) is 0 Å². The Morgan fingerprint density at radius 2 is 1.71 bits per heavy atom. The van der Waals surface area contributed by atoms with E-state index < -0.39 is 11.1 Å². The van der Waals surface area contributed by atoms with Gasteiger partial charge in [-0.15, -0.1) is 0 Å². The van der Waals surface area contributed by atoms with Gasteiger partial charge in [0.1, 0.15) is 6.54 Å². The number of thioether (sulfide) groups is 1. The van der Waals surface area contributed by atoms with Crippen LogP contribution in [0.3, 0.4) is 0 Å². The van der Waals surface area contributed by atoms with E-state index in [1.54, 1.807) is 11.0 Å². The number of hydrogen-bond acceptors (Lipinski definition) is 4. The predicted molar refractivity (Wildman–Crippen MR) is 138 cm³/mol. The number of benzene rings is 2. The van der Waals surface area contributed by atoms with Crippen molar-refractivity contribution in [1.82, 2.24) is 14.4 Å². The number of nitrogens with zero attached hydrogens (tertiary/aromatic N) is 3. The lowest BCUT2D eigenvalue weighted by Crippen LogP contribution is -2.44. The molecule has 2 aromatic carbocycles. The second-order valence-electron chi connectivity index (χ2n) is 9.00. The van der Waals surface area contributed by atoms with Gasteiger partial charge in [0.2, 0.25) is 5.91 Å². The van der Waals surface area contributed by atoms with E-state index in [2.05, 4.69) is 22.8 Å². The molecule has 0 atom stereocenters. The molecule has 0 N–H and O–H groups in total. The maximum Gasteiger partial charge on any atom is 0.294 e. The largest absolute Gasteiger partial charge is 0.344 e. The maximum atomic E-state index is 13.1. The van der Waals surface area contributed by atoms with Gasteiger partial charge in [0.25, 0.3) is 11.1 Å². The van der Waals surface area contributed by atoms with Gasteiger partial charge in [0.05, 0.1) is 4.91 Å². The Morgan fingerprint density at radius 3 is 2.49 bits per heavy atom. The lowest BCUT2D eigenvalue weighted by atomic mass is 10.00. The van der Waals surface area contributed by atoms with Gasteiger partial charge in [-0.05, 0) is 66.4 Å². The molecule has 0 aliphatic carbocycles. The first-order valence-electron chi connectivity index (χ1n) is 11.7. The van der Waals surface area contributed by atoms with Crippen LogP contribution < -0.4 is 0 Å². The maximum absolute atomic E-state index is 13.1. The van der Waals surface area contributed by atoms with Crippen molar-refractivity contribution in [2.75, 3.05) is 13.1 Å². The second-order valence-corrected chi connectivity index (χ2v) is 9.99. The molecule has 1 fully saturated rings. The Hall–Kier alpha value is -3.58. The highest BCUT2D eigenvalue weighted by Gasteiger charge is 2.37. The van der Waals surface area contributed by atoms with E-state index in [0.29, 0.717) is 18.0 Å². The average molecular weight is 486 g/mol. The van der Waals surface area contributed by atoms with Gasteiger partial charge in [-0.3, -0.25) is 19.3 Å². The highest BCUT2D eigenvalue weighted by atomic mass is 32.2. The molecule has 6 nitrogen and oxygen atoms in total. The van der Waals surface area contributed by atoms with E-state index in [1.807, 2.05) is 56.3 Å². The lowest BCUT2D eigenvalue weighted by Gasteiger charge is -2.29. The molecule has 2 aliphatic rings. The third-order valence-electron chi connectivity index (χ3n) is 6.73. The fourth-order valence-corrected chi connectivity index (χ4v) is 5.53. The summed E-state index contributed by atoms with van der Waals surface area (Å²) in [6, 6.07) is 20.3. The molecule has 3 aromatic rings. The summed E-state index contributed by atoms with van der Waals surface area (Å²) in [6.45, 7) is 5.67. The van der Waals surface area contributed by atoms with E-state index >= 15 is 0 Å². The third kappa shape index (κ3) is 4.68. The summed E-state index contributed by atoms with van der Waals surface area (Å²) in [5.74, 6) is -0.609. The van der Waals surface area contributed by atoms with E-state index in [4.69, 9.17) is 0 Å². The number of rotatable bonds is 5. The molecule has 3 amide bonds. The summed E-state index contributed by atoms with van der Waals surface area (Å²) in [5, 5.41) is -0.398. The van der Waals surface area contributed by atoms with Crippen molar-refractivity contribution in [3.63, 3.8) is 0 Å². The van der Waals surface area contributed by atoms with Gasteiger partial charge in [-0.25, -0.2) is 0 Å². The molecule has 1 saturated heterocycles. The second kappa shape index (κ2) is 9.58. The number of fused-ring (bicyclic) bond motifs is 1. The normalized spacial score (nSPS) is 16.8. The average Bonchev–Trinajstić information content (AvgIpc) is 3.28. The number of hydrogen-bond donors (Lipinski definition) is 0. The van der Waals surface area contributed by atoms with Crippen molar-refractivity contribution in [3.05, 3.63) is 99.2 Å². The van der Waals surface area contributed by atoms with E-state index in [-0.39, 0.29) is 12.5 Å². The molecule has 1 aromatic heterocycles. The SMILES string of the molecule is Cc1cc(C=C2SC(=O)N(CC(=O)N3CCc4ccccc4C3)C2=O)c(C)n1Cc1ccccc1. The molecule has 178 valence electrons. The number of aryl methyl sites for hydroxylation is 1. The standard InChI is InChI=1S/C28H27N3O3S/c1-19-14-24(20(2)30(19)16-21-8-4-3-5-9-21)15-25-27(33)31(28(34)35-25)18-26(32)29-13-12-22-10-6-7-11-23(22)17-29/h3-11,14-15H,12-13,16-18H2,1-2H3. The Balaban J connectivity index is 1.30. The molecule has 7 heteroatoms. The fourth-order valence-electron chi connectivity index (χ4n) is 4.70. The molecular formula is C28H27N3O3S. The van der Waals surface area contributed by atoms with Gasteiger partial charge >= 0.3 is 0 Å². The Labute approximate surface area is 209 Å². The zero-order chi connectivity index (χ0) is 24.5. The van der Waals surface area contributed by atoms with Crippen molar-refractivity contribution in [3.8, 4) is 0 Å². The summed E-state index contributed by atoms with van der Waals surface area (Å²) in [5.41, 5.74) is 6.57. The summed E-state index contributed by atoms with van der Waals surface area (Å²) in [6.07, 6.45) is 2.55. The van der Waals surface area contributed by atoms with Gasteiger partial charge in [-0.1, -0.05) is 54.6 Å². The number of imide groups is 1. The topological polar surface area (TPSA) is 62.6 Å². The summed E-state index contributed by atoms with van der Waals surface area (Å²) in [4.78, 5) is 41.8. The van der Waals surface area contributed by atoms with Crippen molar-refractivity contribution >= 4 is 34.9 Å². The number of amides is 3. The molecule has 0 unspecified atom stereocenters. The first-order chi connectivity index (χ1) is 16.9. The van der Waals surface area contributed by atoms with Crippen LogP contribution in [0.2, 0.25) is 0 Å². The number of carbonyl (C=O) groups is 3. The van der Waals surface area contributed by atoms with Gasteiger partial charge in [-0.2, -0.15) is 0 Å². The summed E-state index contributed by atoms with van der Waals surface area (Å²) >= 11 is 0.900. The van der Waals surface area contributed by atoms with E-state index in [0.717, 1.165) is 52.1 Å². The Bertz CT molecular complexity index is 1340. The first kappa shape index (κ1) is 23.2. The van der Waals surface area contributed by atoms with Crippen LogP contribution in [0.5, 0.6) is 0 Å². The molecule has 5 rings (SSSR count). The quantitative estimate of drug-likeness (QED) is 0.488. The molecule has 35 heavy (non-hydrogen) atoms. The highest BCUT2D eigenvalue weighted by Crippen LogP contribution is 2.33. The van der Waals surface area contributed by atoms with Gasteiger partial charge < -0.3 is 9.47 Å². The van der Waals surface area contributed by atoms with Crippen molar-refractivity contribution in [2.45, 2.75) is 33.4 Å². The van der Waals surface area contributed by atoms with Crippen molar-refractivity contribution < 1.29 is 14.4 Å². The van der Waals surface area contributed by atoms with E-state index in [1.165, 1.54) is 11.1 Å². The van der Waals surface area contributed by atoms with Crippen LogP contribution in [0.4, 0.5) is 4.79 Å². The van der Waals surface area contributed by atoms with Crippen molar-refractivity contribution in [1.29, 1.82) is 0 Å². The zero-order valence-electron chi connectivity index (χ0n) is 19.9. The molecule has 0 saturated carbocycles. The predicted octanol–water partition coefficient (Wildman–Crippen LogP) is 4.77. The first-order valence-corrected chi connectivity index (χ1v) is 12.5.